The Balaban J connectivity index is 2.27. The van der Waals surface area contributed by atoms with E-state index in [9.17, 15) is 4.79 Å². The van der Waals surface area contributed by atoms with Crippen LogP contribution in [-0.2, 0) is 6.54 Å². The van der Waals surface area contributed by atoms with E-state index >= 15 is 0 Å². The molecular weight excluding hydrogens is 412 g/mol. The Kier molecular flexibility index (Phi) is 11.1. The number of anilines is 1. The van der Waals surface area contributed by atoms with Crippen LogP contribution in [0.25, 0.3) is 10.9 Å². The molecule has 2 rings (SSSR count). The van der Waals surface area contributed by atoms with Crippen LogP contribution in [0.4, 0.5) is 5.69 Å². The molecule has 0 amide bonds. The summed E-state index contributed by atoms with van der Waals surface area (Å²) in [6, 6.07) is 5.60. The predicted molar refractivity (Wildman–Crippen MR) is 140 cm³/mol. The zero-order valence-electron chi connectivity index (χ0n) is 21.2. The minimum atomic E-state index is -0.158. The van der Waals surface area contributed by atoms with Crippen LogP contribution >= 0.6 is 0 Å². The molecule has 0 spiro atoms. The summed E-state index contributed by atoms with van der Waals surface area (Å²) in [5.74, 6) is 0.749. The number of methoxy groups -OCH3 is 1. The maximum Gasteiger partial charge on any atom is 0.297 e. The minimum absolute atomic E-state index is 0.158. The van der Waals surface area contributed by atoms with Crippen LogP contribution in [0.3, 0.4) is 0 Å². The smallest absolute Gasteiger partial charge is 0.297 e. The average molecular weight is 455 g/mol. The lowest BCUT2D eigenvalue weighted by Gasteiger charge is -2.17. The lowest BCUT2D eigenvalue weighted by atomic mass is 10.1. The van der Waals surface area contributed by atoms with E-state index in [2.05, 4.69) is 33.8 Å². The number of fused-ring (bicyclic) bond motifs is 1. The van der Waals surface area contributed by atoms with E-state index < -0.39 is 0 Å². The fourth-order valence-electron chi connectivity index (χ4n) is 3.98. The number of aryl methyl sites for hydroxylation is 1. The van der Waals surface area contributed by atoms with Gasteiger partial charge in [0.1, 0.15) is 6.61 Å². The number of benzene rings is 1. The monoisotopic (exact) mass is 454 g/mol. The molecule has 2 N–H and O–H groups in total. The summed E-state index contributed by atoms with van der Waals surface area (Å²) < 4.78 is 13.5. The van der Waals surface area contributed by atoms with Gasteiger partial charge in [-0.1, -0.05) is 56.3 Å². The number of allylic oxidation sites excluding steroid dienone is 3. The summed E-state index contributed by atoms with van der Waals surface area (Å²) in [5.41, 5.74) is 9.89. The van der Waals surface area contributed by atoms with E-state index in [1.165, 1.54) is 36.8 Å². The van der Waals surface area contributed by atoms with Gasteiger partial charge in [-0.3, -0.25) is 4.79 Å². The lowest BCUT2D eigenvalue weighted by Crippen LogP contribution is -2.24. The topological polar surface area (TPSA) is 66.5 Å². The molecule has 0 aliphatic heterocycles. The summed E-state index contributed by atoms with van der Waals surface area (Å²) in [5, 5.41) is 0.844. The van der Waals surface area contributed by atoms with Gasteiger partial charge in [0.2, 0.25) is 5.75 Å². The van der Waals surface area contributed by atoms with E-state index in [0.717, 1.165) is 36.6 Å². The number of nitrogens with zero attached hydrogens (tertiary/aromatic N) is 1. The quantitative estimate of drug-likeness (QED) is 0.189. The van der Waals surface area contributed by atoms with Gasteiger partial charge in [0.15, 0.2) is 5.75 Å². The summed E-state index contributed by atoms with van der Waals surface area (Å²) in [4.78, 5) is 13.5. The number of rotatable bonds is 14. The highest BCUT2D eigenvalue weighted by Gasteiger charge is 2.19. The molecule has 0 bridgehead atoms. The van der Waals surface area contributed by atoms with Gasteiger partial charge in [-0.15, -0.1) is 0 Å². The Hall–Kier alpha value is -2.69. The highest BCUT2D eigenvalue weighted by atomic mass is 16.5. The van der Waals surface area contributed by atoms with Crippen molar-refractivity contribution in [2.75, 3.05) is 19.5 Å². The van der Waals surface area contributed by atoms with Gasteiger partial charge in [0, 0.05) is 17.6 Å². The van der Waals surface area contributed by atoms with Crippen LogP contribution in [0.15, 0.2) is 46.3 Å². The number of nitrogen functional groups attached to an aromatic ring is 1. The van der Waals surface area contributed by atoms with Crippen molar-refractivity contribution in [2.45, 2.75) is 85.6 Å². The molecule has 33 heavy (non-hydrogen) atoms. The summed E-state index contributed by atoms with van der Waals surface area (Å²) in [6.07, 6.45) is 13.2. The second-order valence-corrected chi connectivity index (χ2v) is 9.05. The molecule has 0 aliphatic carbocycles. The maximum absolute atomic E-state index is 13.5. The third-order valence-corrected chi connectivity index (χ3v) is 5.89. The molecule has 0 saturated carbocycles. The summed E-state index contributed by atoms with van der Waals surface area (Å²) in [7, 11) is 1.58. The van der Waals surface area contributed by atoms with E-state index in [-0.39, 0.29) is 11.3 Å². The van der Waals surface area contributed by atoms with Crippen molar-refractivity contribution in [1.29, 1.82) is 0 Å². The molecule has 182 valence electrons. The molecule has 0 saturated heterocycles. The number of ether oxygens (including phenoxy) is 2. The van der Waals surface area contributed by atoms with Crippen LogP contribution < -0.4 is 20.8 Å². The first-order valence-electron chi connectivity index (χ1n) is 12.3. The molecule has 1 heterocycles. The molecule has 0 unspecified atom stereocenters. The molecule has 5 nitrogen and oxygen atoms in total. The van der Waals surface area contributed by atoms with Crippen molar-refractivity contribution in [3.8, 4) is 11.5 Å². The van der Waals surface area contributed by atoms with Crippen molar-refractivity contribution in [3.63, 3.8) is 0 Å². The second kappa shape index (κ2) is 13.8. The van der Waals surface area contributed by atoms with E-state index in [1.807, 2.05) is 24.3 Å². The third kappa shape index (κ3) is 7.99. The van der Waals surface area contributed by atoms with Gasteiger partial charge >= 0.3 is 0 Å². The van der Waals surface area contributed by atoms with Crippen LogP contribution in [0.5, 0.6) is 11.5 Å². The highest BCUT2D eigenvalue weighted by molar-refractivity contribution is 5.90. The first-order valence-corrected chi connectivity index (χ1v) is 12.3. The summed E-state index contributed by atoms with van der Waals surface area (Å²) in [6.45, 7) is 9.51. The number of unbranched alkanes of at least 4 members (excludes halogenated alkanes) is 5. The standard InChI is InChI=1S/C28H42N2O3/c1-6-7-8-9-10-11-18-30-25-20-23(29)15-16-24(25)26(32-5)27(28(30)31)33-19-17-22(4)14-12-13-21(2)3/h13,15-17,20H,6-12,14,18-19,29H2,1-5H3/b22-17+. The molecule has 0 aliphatic rings. The number of hydrogen-bond acceptors (Lipinski definition) is 4. The molecule has 2 aromatic rings. The number of pyridine rings is 1. The largest absolute Gasteiger partial charge is 0.492 e. The van der Waals surface area contributed by atoms with Crippen molar-refractivity contribution in [1.82, 2.24) is 4.57 Å². The van der Waals surface area contributed by atoms with E-state index in [4.69, 9.17) is 15.2 Å². The van der Waals surface area contributed by atoms with Gasteiger partial charge in [0.05, 0.1) is 12.6 Å². The number of aromatic nitrogens is 1. The Morgan fingerprint density at radius 1 is 1.03 bits per heavy atom. The van der Waals surface area contributed by atoms with Crippen LogP contribution in [0.1, 0.15) is 79.1 Å². The van der Waals surface area contributed by atoms with Gasteiger partial charge in [-0.25, -0.2) is 0 Å². The predicted octanol–water partition coefficient (Wildman–Crippen LogP) is 7.02. The Bertz CT molecular complexity index is 1010. The van der Waals surface area contributed by atoms with Crippen molar-refractivity contribution >= 4 is 16.6 Å². The first kappa shape index (κ1) is 26.6. The molecule has 1 aromatic carbocycles. The fraction of sp³-hybridized carbons (Fsp3) is 0.536. The zero-order chi connectivity index (χ0) is 24.2. The minimum Gasteiger partial charge on any atom is -0.492 e. The van der Waals surface area contributed by atoms with Crippen molar-refractivity contribution in [2.24, 2.45) is 0 Å². The van der Waals surface area contributed by atoms with Gasteiger partial charge < -0.3 is 19.8 Å². The molecule has 0 fully saturated rings. The summed E-state index contributed by atoms with van der Waals surface area (Å²) >= 11 is 0. The Labute approximate surface area is 199 Å². The normalized spacial score (nSPS) is 11.6. The van der Waals surface area contributed by atoms with Gasteiger partial charge in [0.25, 0.3) is 5.56 Å². The highest BCUT2D eigenvalue weighted by Crippen LogP contribution is 2.33. The lowest BCUT2D eigenvalue weighted by molar-refractivity contribution is 0.320. The van der Waals surface area contributed by atoms with Crippen molar-refractivity contribution in [3.05, 3.63) is 51.9 Å². The van der Waals surface area contributed by atoms with Crippen LogP contribution in [0.2, 0.25) is 0 Å². The first-order chi connectivity index (χ1) is 15.9. The zero-order valence-corrected chi connectivity index (χ0v) is 21.2. The second-order valence-electron chi connectivity index (χ2n) is 9.05. The van der Waals surface area contributed by atoms with Gasteiger partial charge in [-0.2, -0.15) is 0 Å². The van der Waals surface area contributed by atoms with E-state index in [1.54, 1.807) is 11.7 Å². The number of hydrogen-bond donors (Lipinski definition) is 1. The molecule has 1 aromatic heterocycles. The molecule has 0 atom stereocenters. The van der Waals surface area contributed by atoms with Crippen molar-refractivity contribution < 1.29 is 9.47 Å². The third-order valence-electron chi connectivity index (χ3n) is 5.89. The van der Waals surface area contributed by atoms with Crippen LogP contribution in [0, 0.1) is 0 Å². The number of nitrogens with two attached hydrogens (primary N) is 1. The van der Waals surface area contributed by atoms with E-state index in [0.29, 0.717) is 24.6 Å². The van der Waals surface area contributed by atoms with Gasteiger partial charge in [-0.05, 0) is 64.3 Å². The SMILES string of the molecule is CCCCCCCCn1c(=O)c(OC/C=C(\C)CCC=C(C)C)c(OC)c2ccc(N)cc21. The Morgan fingerprint density at radius 2 is 1.76 bits per heavy atom. The van der Waals surface area contributed by atoms with Crippen LogP contribution in [-0.4, -0.2) is 18.3 Å². The molecule has 0 radical (unpaired) electrons. The Morgan fingerprint density at radius 3 is 2.45 bits per heavy atom. The maximum atomic E-state index is 13.5. The molecular formula is C28H42N2O3. The molecule has 5 heteroatoms. The fourth-order valence-corrected chi connectivity index (χ4v) is 3.98. The average Bonchev–Trinajstić information content (AvgIpc) is 2.77.